The topological polar surface area (TPSA) is 36.3 Å². The Hall–Kier alpha value is -1.21. The van der Waals surface area contributed by atoms with Gasteiger partial charge < -0.3 is 9.64 Å². The number of likely N-dealkylation sites (tertiary alicyclic amines) is 1. The van der Waals surface area contributed by atoms with Crippen molar-refractivity contribution in [3.63, 3.8) is 0 Å². The molecule has 0 atom stereocenters. The second-order valence-electron chi connectivity index (χ2n) is 3.86. The van der Waals surface area contributed by atoms with Crippen molar-refractivity contribution in [1.82, 2.24) is 4.90 Å². The van der Waals surface area contributed by atoms with E-state index in [0.29, 0.717) is 0 Å². The molecule has 0 bridgehead atoms. The molecule has 16 heavy (non-hydrogen) atoms. The molecule has 0 unspecified atom stereocenters. The van der Waals surface area contributed by atoms with E-state index in [9.17, 15) is 0 Å². The van der Waals surface area contributed by atoms with Crippen molar-refractivity contribution in [2.24, 2.45) is 0 Å². The minimum absolute atomic E-state index is 0.241. The zero-order chi connectivity index (χ0) is 11.4. The van der Waals surface area contributed by atoms with Crippen molar-refractivity contribution in [1.29, 1.82) is 5.26 Å². The molecule has 84 valence electrons. The van der Waals surface area contributed by atoms with Gasteiger partial charge in [0.25, 0.3) is 0 Å². The van der Waals surface area contributed by atoms with Crippen LogP contribution in [0.2, 0.25) is 0 Å². The summed E-state index contributed by atoms with van der Waals surface area (Å²) in [4.78, 5) is 1.78. The quantitative estimate of drug-likeness (QED) is 0.782. The Bertz CT molecular complexity index is 377. The zero-order valence-corrected chi connectivity index (χ0v) is 10.5. The van der Waals surface area contributed by atoms with Gasteiger partial charge in [-0.05, 0) is 24.3 Å². The Labute approximate surface area is 104 Å². The van der Waals surface area contributed by atoms with Gasteiger partial charge in [-0.25, -0.2) is 0 Å². The third-order valence-corrected chi connectivity index (χ3v) is 3.23. The fraction of sp³-hybridized carbons (Fsp3) is 0.417. The predicted molar refractivity (Wildman–Crippen MR) is 65.0 cm³/mol. The molecule has 0 aromatic heterocycles. The van der Waals surface area contributed by atoms with E-state index in [1.807, 2.05) is 24.3 Å². The first-order valence-electron chi connectivity index (χ1n) is 5.35. The number of halogens is 1. The van der Waals surface area contributed by atoms with E-state index >= 15 is 0 Å². The summed E-state index contributed by atoms with van der Waals surface area (Å²) in [6, 6.07) is 7.86. The van der Waals surface area contributed by atoms with E-state index < -0.39 is 0 Å². The molecular formula is C12H13BrN2O. The standard InChI is InChI=1S/C12H13BrN2O/c13-10-1-3-11(4-2-10)16-12-5-7-15(9-14)8-6-12/h1-4,12H,5-8H2. The molecule has 0 aliphatic carbocycles. The summed E-state index contributed by atoms with van der Waals surface area (Å²) in [6.45, 7) is 1.61. The molecule has 0 N–H and O–H groups in total. The van der Waals surface area contributed by atoms with Crippen molar-refractivity contribution in [2.45, 2.75) is 18.9 Å². The third kappa shape index (κ3) is 2.89. The molecule has 0 radical (unpaired) electrons. The maximum Gasteiger partial charge on any atom is 0.179 e. The van der Waals surface area contributed by atoms with Gasteiger partial charge in [-0.1, -0.05) is 15.9 Å². The molecule has 0 spiro atoms. The van der Waals surface area contributed by atoms with Gasteiger partial charge in [0.15, 0.2) is 6.19 Å². The molecule has 1 saturated heterocycles. The van der Waals surface area contributed by atoms with Crippen LogP contribution in [0.3, 0.4) is 0 Å². The van der Waals surface area contributed by atoms with E-state index in [2.05, 4.69) is 22.1 Å². The largest absolute Gasteiger partial charge is 0.490 e. The predicted octanol–water partition coefficient (Wildman–Crippen LogP) is 2.77. The van der Waals surface area contributed by atoms with Gasteiger partial charge >= 0.3 is 0 Å². The van der Waals surface area contributed by atoms with Crippen LogP contribution in [0.25, 0.3) is 0 Å². The molecule has 3 nitrogen and oxygen atoms in total. The lowest BCUT2D eigenvalue weighted by Gasteiger charge is -2.28. The van der Waals surface area contributed by atoms with Gasteiger partial charge in [0.05, 0.1) is 0 Å². The highest BCUT2D eigenvalue weighted by Crippen LogP contribution is 2.20. The Morgan fingerprint density at radius 3 is 2.44 bits per heavy atom. The normalized spacial score (nSPS) is 16.9. The second-order valence-corrected chi connectivity index (χ2v) is 4.77. The molecule has 4 heteroatoms. The maximum atomic E-state index is 8.73. The molecule has 1 aromatic rings. The Balaban J connectivity index is 1.87. The summed E-state index contributed by atoms with van der Waals surface area (Å²) in [5, 5.41) is 8.73. The second kappa shape index (κ2) is 5.22. The SMILES string of the molecule is N#CN1CCC(Oc2ccc(Br)cc2)CC1. The van der Waals surface area contributed by atoms with Crippen LogP contribution in [-0.4, -0.2) is 24.1 Å². The lowest BCUT2D eigenvalue weighted by atomic mass is 10.1. The monoisotopic (exact) mass is 280 g/mol. The number of benzene rings is 1. The van der Waals surface area contributed by atoms with Crippen LogP contribution in [0.5, 0.6) is 5.75 Å². The average Bonchev–Trinajstić information content (AvgIpc) is 2.33. The van der Waals surface area contributed by atoms with Gasteiger partial charge in [0, 0.05) is 30.4 Å². The molecule has 1 aliphatic heterocycles. The number of piperidine rings is 1. The van der Waals surface area contributed by atoms with Gasteiger partial charge in [-0.2, -0.15) is 5.26 Å². The fourth-order valence-corrected chi connectivity index (χ4v) is 2.04. The van der Waals surface area contributed by atoms with E-state index in [-0.39, 0.29) is 6.10 Å². The number of nitrogens with zero attached hydrogens (tertiary/aromatic N) is 2. The molecule has 1 heterocycles. The highest BCUT2D eigenvalue weighted by atomic mass is 79.9. The fourth-order valence-electron chi connectivity index (χ4n) is 1.78. The van der Waals surface area contributed by atoms with Gasteiger partial charge in [-0.3, -0.25) is 0 Å². The lowest BCUT2D eigenvalue weighted by molar-refractivity contribution is 0.126. The first-order chi connectivity index (χ1) is 7.78. The maximum absolute atomic E-state index is 8.73. The number of nitriles is 1. The molecular weight excluding hydrogens is 268 g/mol. The van der Waals surface area contributed by atoms with E-state index in [1.165, 1.54) is 0 Å². The number of ether oxygens (including phenoxy) is 1. The first kappa shape index (κ1) is 11.3. The summed E-state index contributed by atoms with van der Waals surface area (Å²) >= 11 is 3.39. The van der Waals surface area contributed by atoms with Crippen LogP contribution in [0.4, 0.5) is 0 Å². The molecule has 2 rings (SSSR count). The Morgan fingerprint density at radius 2 is 1.88 bits per heavy atom. The van der Waals surface area contributed by atoms with Gasteiger partial charge in [-0.15, -0.1) is 0 Å². The lowest BCUT2D eigenvalue weighted by Crippen LogP contribution is -2.35. The minimum Gasteiger partial charge on any atom is -0.490 e. The third-order valence-electron chi connectivity index (χ3n) is 2.70. The van der Waals surface area contributed by atoms with Crippen molar-refractivity contribution in [2.75, 3.05) is 13.1 Å². The summed E-state index contributed by atoms with van der Waals surface area (Å²) in [5.41, 5.74) is 0. The van der Waals surface area contributed by atoms with Crippen LogP contribution >= 0.6 is 15.9 Å². The van der Waals surface area contributed by atoms with Crippen molar-refractivity contribution >= 4 is 15.9 Å². The average molecular weight is 281 g/mol. The highest BCUT2D eigenvalue weighted by Gasteiger charge is 2.19. The van der Waals surface area contributed by atoms with E-state index in [1.54, 1.807) is 4.90 Å². The molecule has 0 saturated carbocycles. The van der Waals surface area contributed by atoms with Crippen molar-refractivity contribution in [3.05, 3.63) is 28.7 Å². The molecule has 1 fully saturated rings. The smallest absolute Gasteiger partial charge is 0.179 e. The Kier molecular flexibility index (Phi) is 3.68. The van der Waals surface area contributed by atoms with Crippen LogP contribution in [-0.2, 0) is 0 Å². The molecule has 0 amide bonds. The van der Waals surface area contributed by atoms with E-state index in [0.717, 1.165) is 36.2 Å². The minimum atomic E-state index is 0.241. The van der Waals surface area contributed by atoms with Crippen molar-refractivity contribution in [3.8, 4) is 11.9 Å². The summed E-state index contributed by atoms with van der Waals surface area (Å²) in [5.74, 6) is 0.901. The van der Waals surface area contributed by atoms with E-state index in [4.69, 9.17) is 10.00 Å². The Morgan fingerprint density at radius 1 is 1.25 bits per heavy atom. The number of hydrogen-bond donors (Lipinski definition) is 0. The summed E-state index contributed by atoms with van der Waals surface area (Å²) in [7, 11) is 0. The van der Waals surface area contributed by atoms with Gasteiger partial charge in [0.1, 0.15) is 11.9 Å². The first-order valence-corrected chi connectivity index (χ1v) is 6.14. The number of hydrogen-bond acceptors (Lipinski definition) is 3. The van der Waals surface area contributed by atoms with Crippen LogP contribution < -0.4 is 4.74 Å². The van der Waals surface area contributed by atoms with Crippen LogP contribution in [0.15, 0.2) is 28.7 Å². The molecule has 1 aliphatic rings. The number of rotatable bonds is 2. The summed E-state index contributed by atoms with van der Waals surface area (Å²) < 4.78 is 6.90. The summed E-state index contributed by atoms with van der Waals surface area (Å²) in [6.07, 6.45) is 4.25. The van der Waals surface area contributed by atoms with Gasteiger partial charge in [0.2, 0.25) is 0 Å². The zero-order valence-electron chi connectivity index (χ0n) is 8.90. The van der Waals surface area contributed by atoms with Crippen LogP contribution in [0.1, 0.15) is 12.8 Å². The highest BCUT2D eigenvalue weighted by molar-refractivity contribution is 9.10. The molecule has 1 aromatic carbocycles. The van der Waals surface area contributed by atoms with Crippen LogP contribution in [0, 0.1) is 11.5 Å². The van der Waals surface area contributed by atoms with Crippen molar-refractivity contribution < 1.29 is 4.74 Å².